The van der Waals surface area contributed by atoms with Crippen LogP contribution in [0.2, 0.25) is 0 Å². The van der Waals surface area contributed by atoms with E-state index in [0.29, 0.717) is 6.54 Å². The number of hydrogen-bond acceptors (Lipinski definition) is 2. The van der Waals surface area contributed by atoms with Crippen LogP contribution in [-0.4, -0.2) is 22.2 Å². The molecule has 76 valence electrons. The Morgan fingerprint density at radius 3 is 3.14 bits per heavy atom. The number of amides is 1. The highest BCUT2D eigenvalue weighted by Gasteiger charge is 2.14. The summed E-state index contributed by atoms with van der Waals surface area (Å²) in [6.07, 6.45) is 5.20. The Morgan fingerprint density at radius 1 is 1.93 bits per heavy atom. The molecule has 0 aliphatic rings. The van der Waals surface area contributed by atoms with Gasteiger partial charge in [0.25, 0.3) is 0 Å². The number of nitrogens with zero attached hydrogens (tertiary/aromatic N) is 2. The van der Waals surface area contributed by atoms with E-state index in [0.717, 1.165) is 3.57 Å². The number of carbonyl (C=O) groups is 1. The Bertz CT molecular complexity index is 335. The number of hydrogen-bond donors (Lipinski definition) is 1. The highest BCUT2D eigenvalue weighted by atomic mass is 127. The Morgan fingerprint density at radius 2 is 2.64 bits per heavy atom. The molecule has 0 spiro atoms. The molecular weight excluding hydrogens is 293 g/mol. The molecule has 14 heavy (non-hydrogen) atoms. The minimum atomic E-state index is -0.279. The fraction of sp³-hybridized carbons (Fsp3) is 0.333. The highest BCUT2D eigenvalue weighted by molar-refractivity contribution is 14.1. The molecule has 0 saturated heterocycles. The molecule has 0 fully saturated rings. The summed E-state index contributed by atoms with van der Waals surface area (Å²) in [6.45, 7) is 5.83. The molecule has 1 aromatic heterocycles. The molecule has 0 saturated carbocycles. The average molecular weight is 305 g/mol. The quantitative estimate of drug-likeness (QED) is 0.674. The van der Waals surface area contributed by atoms with Crippen molar-refractivity contribution in [3.63, 3.8) is 0 Å². The Labute approximate surface area is 96.5 Å². The van der Waals surface area contributed by atoms with Gasteiger partial charge in [-0.25, -0.2) is 0 Å². The summed E-state index contributed by atoms with van der Waals surface area (Å²) in [6, 6.07) is -0.279. The molecule has 1 atom stereocenters. The van der Waals surface area contributed by atoms with E-state index in [9.17, 15) is 4.79 Å². The van der Waals surface area contributed by atoms with Gasteiger partial charge >= 0.3 is 0 Å². The molecule has 0 aromatic carbocycles. The number of rotatable bonds is 4. The minimum Gasteiger partial charge on any atom is -0.351 e. The topological polar surface area (TPSA) is 46.9 Å². The molecule has 4 nitrogen and oxygen atoms in total. The van der Waals surface area contributed by atoms with Crippen LogP contribution < -0.4 is 5.32 Å². The lowest BCUT2D eigenvalue weighted by Crippen LogP contribution is -2.31. The summed E-state index contributed by atoms with van der Waals surface area (Å²) in [5, 5.41) is 6.79. The maximum absolute atomic E-state index is 11.5. The molecule has 1 unspecified atom stereocenters. The van der Waals surface area contributed by atoms with E-state index >= 15 is 0 Å². The summed E-state index contributed by atoms with van der Waals surface area (Å²) < 4.78 is 2.66. The van der Waals surface area contributed by atoms with Gasteiger partial charge in [0.2, 0.25) is 5.91 Å². The zero-order chi connectivity index (χ0) is 10.6. The van der Waals surface area contributed by atoms with E-state index in [1.807, 2.05) is 13.1 Å². The molecule has 1 heterocycles. The van der Waals surface area contributed by atoms with Gasteiger partial charge in [0, 0.05) is 12.7 Å². The van der Waals surface area contributed by atoms with E-state index in [4.69, 9.17) is 0 Å². The standard InChI is InChI=1S/C9H12IN3O/c1-3-4-11-9(14)7(2)13-6-8(10)5-12-13/h3,5-7H,1,4H2,2H3,(H,11,14). The first kappa shape index (κ1) is 11.2. The van der Waals surface area contributed by atoms with Gasteiger partial charge in [-0.2, -0.15) is 5.10 Å². The Hall–Kier alpha value is -0.850. The molecule has 1 aromatic rings. The molecule has 0 bridgehead atoms. The van der Waals surface area contributed by atoms with Crippen LogP contribution in [0.4, 0.5) is 0 Å². The largest absolute Gasteiger partial charge is 0.351 e. The predicted octanol–water partition coefficient (Wildman–Crippen LogP) is 1.35. The van der Waals surface area contributed by atoms with Crippen molar-refractivity contribution in [1.82, 2.24) is 15.1 Å². The smallest absolute Gasteiger partial charge is 0.244 e. The van der Waals surface area contributed by atoms with E-state index in [1.165, 1.54) is 0 Å². The van der Waals surface area contributed by atoms with Crippen molar-refractivity contribution in [2.24, 2.45) is 0 Å². The van der Waals surface area contributed by atoms with Crippen molar-refractivity contribution >= 4 is 28.5 Å². The lowest BCUT2D eigenvalue weighted by molar-refractivity contribution is -0.123. The van der Waals surface area contributed by atoms with Crippen molar-refractivity contribution in [3.8, 4) is 0 Å². The average Bonchev–Trinajstić information content (AvgIpc) is 2.60. The van der Waals surface area contributed by atoms with E-state index in [-0.39, 0.29) is 11.9 Å². The van der Waals surface area contributed by atoms with Gasteiger partial charge in [-0.15, -0.1) is 6.58 Å². The molecule has 1 rings (SSSR count). The second-order valence-electron chi connectivity index (χ2n) is 2.85. The number of aromatic nitrogens is 2. The summed E-state index contributed by atoms with van der Waals surface area (Å²) in [4.78, 5) is 11.5. The van der Waals surface area contributed by atoms with E-state index in [1.54, 1.807) is 17.0 Å². The van der Waals surface area contributed by atoms with Gasteiger partial charge in [-0.05, 0) is 29.5 Å². The zero-order valence-electron chi connectivity index (χ0n) is 7.90. The number of nitrogens with one attached hydrogen (secondary N) is 1. The molecule has 0 radical (unpaired) electrons. The van der Waals surface area contributed by atoms with Gasteiger partial charge in [-0.3, -0.25) is 9.48 Å². The van der Waals surface area contributed by atoms with Gasteiger partial charge in [-0.1, -0.05) is 6.08 Å². The van der Waals surface area contributed by atoms with Crippen LogP contribution in [0, 0.1) is 3.57 Å². The van der Waals surface area contributed by atoms with Crippen molar-refractivity contribution in [3.05, 3.63) is 28.6 Å². The Kier molecular flexibility index (Phi) is 4.12. The predicted molar refractivity (Wildman–Crippen MR) is 62.9 cm³/mol. The third kappa shape index (κ3) is 2.83. The summed E-state index contributed by atoms with van der Waals surface area (Å²) >= 11 is 2.15. The molecule has 0 aliphatic heterocycles. The summed E-state index contributed by atoms with van der Waals surface area (Å²) in [5.41, 5.74) is 0. The van der Waals surface area contributed by atoms with Gasteiger partial charge < -0.3 is 5.32 Å². The van der Waals surface area contributed by atoms with Crippen LogP contribution in [-0.2, 0) is 4.79 Å². The van der Waals surface area contributed by atoms with Crippen LogP contribution in [0.1, 0.15) is 13.0 Å². The second kappa shape index (κ2) is 5.14. The van der Waals surface area contributed by atoms with Crippen LogP contribution in [0.3, 0.4) is 0 Å². The SMILES string of the molecule is C=CCNC(=O)C(C)n1cc(I)cn1. The molecule has 5 heteroatoms. The summed E-state index contributed by atoms with van der Waals surface area (Å²) in [7, 11) is 0. The van der Waals surface area contributed by atoms with Gasteiger partial charge in [0.1, 0.15) is 6.04 Å². The first-order valence-electron chi connectivity index (χ1n) is 4.23. The minimum absolute atomic E-state index is 0.0515. The molecule has 1 N–H and O–H groups in total. The third-order valence-corrected chi connectivity index (χ3v) is 2.32. The lowest BCUT2D eigenvalue weighted by atomic mass is 10.3. The fourth-order valence-corrected chi connectivity index (χ4v) is 1.38. The molecule has 0 aliphatic carbocycles. The van der Waals surface area contributed by atoms with Crippen LogP contribution in [0.25, 0.3) is 0 Å². The number of halogens is 1. The maximum Gasteiger partial charge on any atom is 0.244 e. The van der Waals surface area contributed by atoms with Crippen LogP contribution in [0.15, 0.2) is 25.0 Å². The fourth-order valence-electron chi connectivity index (χ4n) is 0.967. The highest BCUT2D eigenvalue weighted by Crippen LogP contribution is 2.08. The zero-order valence-corrected chi connectivity index (χ0v) is 10.1. The normalized spacial score (nSPS) is 12.1. The van der Waals surface area contributed by atoms with Gasteiger partial charge in [0.15, 0.2) is 0 Å². The van der Waals surface area contributed by atoms with Crippen molar-refractivity contribution in [1.29, 1.82) is 0 Å². The third-order valence-electron chi connectivity index (χ3n) is 1.77. The number of carbonyl (C=O) groups excluding carboxylic acids is 1. The summed E-state index contributed by atoms with van der Waals surface area (Å²) in [5.74, 6) is -0.0515. The van der Waals surface area contributed by atoms with E-state index in [2.05, 4.69) is 39.6 Å². The second-order valence-corrected chi connectivity index (χ2v) is 4.09. The van der Waals surface area contributed by atoms with E-state index < -0.39 is 0 Å². The first-order valence-corrected chi connectivity index (χ1v) is 5.31. The lowest BCUT2D eigenvalue weighted by Gasteiger charge is -2.11. The first-order chi connectivity index (χ1) is 6.65. The van der Waals surface area contributed by atoms with Crippen molar-refractivity contribution < 1.29 is 4.79 Å². The van der Waals surface area contributed by atoms with Crippen molar-refractivity contribution in [2.75, 3.05) is 6.54 Å². The monoisotopic (exact) mass is 305 g/mol. The van der Waals surface area contributed by atoms with Crippen LogP contribution >= 0.6 is 22.6 Å². The van der Waals surface area contributed by atoms with Crippen LogP contribution in [0.5, 0.6) is 0 Å². The molecule has 1 amide bonds. The Balaban J connectivity index is 2.60. The van der Waals surface area contributed by atoms with Gasteiger partial charge in [0.05, 0.1) is 9.77 Å². The van der Waals surface area contributed by atoms with Crippen molar-refractivity contribution in [2.45, 2.75) is 13.0 Å². The maximum atomic E-state index is 11.5. The molecular formula is C9H12IN3O.